The van der Waals surface area contributed by atoms with Gasteiger partial charge in [-0.25, -0.2) is 5.06 Å². The number of azo groups is 1. The summed E-state index contributed by atoms with van der Waals surface area (Å²) in [5.74, 6) is 0. The zero-order valence-corrected chi connectivity index (χ0v) is 11.7. The van der Waals surface area contributed by atoms with E-state index in [1.807, 2.05) is 24.8 Å². The summed E-state index contributed by atoms with van der Waals surface area (Å²) in [7, 11) is 0. The minimum absolute atomic E-state index is 0.458. The largest absolute Gasteiger partial charge is 0.347 e. The van der Waals surface area contributed by atoms with Gasteiger partial charge in [-0.2, -0.15) is 5.11 Å². The number of hydrogen-bond acceptors (Lipinski definition) is 4. The van der Waals surface area contributed by atoms with Crippen LogP contribution in [0, 0.1) is 0 Å². The van der Waals surface area contributed by atoms with Crippen LogP contribution in [0.15, 0.2) is 46.1 Å². The lowest BCUT2D eigenvalue weighted by Gasteiger charge is -2.18. The van der Waals surface area contributed by atoms with E-state index in [0.717, 1.165) is 18.2 Å². The topological polar surface area (TPSA) is 51.4 Å². The monoisotopic (exact) mass is 266 g/mol. The fourth-order valence-electron chi connectivity index (χ4n) is 1.45. The van der Waals surface area contributed by atoms with E-state index >= 15 is 0 Å². The van der Waals surface area contributed by atoms with Crippen molar-refractivity contribution in [2.45, 2.75) is 20.8 Å². The SMILES string of the molecule is CCN(CC)C(=S)N=N/C(C)=C1/C=CC=CN1O. The molecule has 5 nitrogen and oxygen atoms in total. The summed E-state index contributed by atoms with van der Waals surface area (Å²) in [5.41, 5.74) is 1.19. The van der Waals surface area contributed by atoms with Crippen LogP contribution in [0.4, 0.5) is 0 Å². The van der Waals surface area contributed by atoms with Crippen LogP contribution in [0.1, 0.15) is 20.8 Å². The maximum atomic E-state index is 9.60. The van der Waals surface area contributed by atoms with E-state index in [2.05, 4.69) is 10.2 Å². The predicted molar refractivity (Wildman–Crippen MR) is 75.0 cm³/mol. The molecule has 1 heterocycles. The van der Waals surface area contributed by atoms with E-state index < -0.39 is 0 Å². The second-order valence-corrected chi connectivity index (χ2v) is 4.04. The summed E-state index contributed by atoms with van der Waals surface area (Å²) < 4.78 is 0. The van der Waals surface area contributed by atoms with Gasteiger partial charge in [-0.05, 0) is 45.1 Å². The van der Waals surface area contributed by atoms with Gasteiger partial charge in [-0.15, -0.1) is 5.11 Å². The zero-order valence-electron chi connectivity index (χ0n) is 10.9. The highest BCUT2D eigenvalue weighted by Crippen LogP contribution is 2.15. The average Bonchev–Trinajstić information content (AvgIpc) is 2.38. The van der Waals surface area contributed by atoms with E-state index in [-0.39, 0.29) is 0 Å². The van der Waals surface area contributed by atoms with Gasteiger partial charge in [0.25, 0.3) is 0 Å². The van der Waals surface area contributed by atoms with Gasteiger partial charge in [0.05, 0.1) is 11.4 Å². The summed E-state index contributed by atoms with van der Waals surface area (Å²) in [6.45, 7) is 7.41. The fraction of sp³-hybridized carbons (Fsp3) is 0.417. The Labute approximate surface area is 113 Å². The molecule has 98 valence electrons. The molecule has 0 unspecified atom stereocenters. The number of allylic oxidation sites excluding steroid dienone is 4. The quantitative estimate of drug-likeness (QED) is 0.630. The number of rotatable bonds is 3. The highest BCUT2D eigenvalue weighted by Gasteiger charge is 2.08. The molecule has 0 saturated carbocycles. The second-order valence-electron chi connectivity index (χ2n) is 3.67. The van der Waals surface area contributed by atoms with Crippen LogP contribution in [0.5, 0.6) is 0 Å². The van der Waals surface area contributed by atoms with Crippen molar-refractivity contribution in [1.82, 2.24) is 9.96 Å². The molecule has 0 spiro atoms. The molecule has 1 N–H and O–H groups in total. The van der Waals surface area contributed by atoms with Gasteiger partial charge in [0.15, 0.2) is 0 Å². The number of hydroxylamine groups is 2. The zero-order chi connectivity index (χ0) is 13.5. The summed E-state index contributed by atoms with van der Waals surface area (Å²) >= 11 is 5.16. The van der Waals surface area contributed by atoms with E-state index in [0.29, 0.717) is 16.5 Å². The van der Waals surface area contributed by atoms with Crippen molar-refractivity contribution in [3.8, 4) is 0 Å². The van der Waals surface area contributed by atoms with Gasteiger partial charge in [-0.3, -0.25) is 5.21 Å². The van der Waals surface area contributed by atoms with E-state index in [1.54, 1.807) is 19.1 Å². The third-order valence-electron chi connectivity index (χ3n) is 2.53. The van der Waals surface area contributed by atoms with Crippen molar-refractivity contribution in [2.75, 3.05) is 13.1 Å². The molecule has 0 aromatic rings. The van der Waals surface area contributed by atoms with Gasteiger partial charge in [0.1, 0.15) is 0 Å². The first-order chi connectivity index (χ1) is 8.60. The summed E-state index contributed by atoms with van der Waals surface area (Å²) in [6, 6.07) is 0. The van der Waals surface area contributed by atoms with Crippen LogP contribution >= 0.6 is 12.2 Å². The minimum Gasteiger partial charge on any atom is -0.347 e. The first kappa shape index (κ1) is 14.5. The molecule has 1 aliphatic heterocycles. The lowest BCUT2D eigenvalue weighted by molar-refractivity contribution is -0.00149. The van der Waals surface area contributed by atoms with Crippen LogP contribution in [-0.4, -0.2) is 33.4 Å². The Morgan fingerprint density at radius 2 is 2.00 bits per heavy atom. The van der Waals surface area contributed by atoms with Gasteiger partial charge in [0, 0.05) is 19.3 Å². The van der Waals surface area contributed by atoms with Crippen LogP contribution in [0.2, 0.25) is 0 Å². The molecule has 1 aliphatic rings. The highest BCUT2D eigenvalue weighted by molar-refractivity contribution is 7.80. The Morgan fingerprint density at radius 3 is 2.56 bits per heavy atom. The lowest BCUT2D eigenvalue weighted by Crippen LogP contribution is -2.27. The van der Waals surface area contributed by atoms with E-state index in [9.17, 15) is 5.21 Å². The van der Waals surface area contributed by atoms with Gasteiger partial charge in [0.2, 0.25) is 5.11 Å². The van der Waals surface area contributed by atoms with Crippen molar-refractivity contribution < 1.29 is 5.21 Å². The first-order valence-electron chi connectivity index (χ1n) is 5.84. The molecule has 0 atom stereocenters. The minimum atomic E-state index is 0.458. The molecule has 0 fully saturated rings. The third kappa shape index (κ3) is 3.75. The lowest BCUT2D eigenvalue weighted by atomic mass is 10.2. The van der Waals surface area contributed by atoms with Crippen molar-refractivity contribution >= 4 is 17.3 Å². The van der Waals surface area contributed by atoms with Crippen LogP contribution in [0.25, 0.3) is 0 Å². The summed E-state index contributed by atoms with van der Waals surface area (Å²) in [4.78, 5) is 1.93. The molecule has 0 bridgehead atoms. The molecule has 6 heteroatoms. The molecule has 0 aromatic carbocycles. The van der Waals surface area contributed by atoms with Crippen LogP contribution in [-0.2, 0) is 0 Å². The van der Waals surface area contributed by atoms with Gasteiger partial charge in [-0.1, -0.05) is 6.08 Å². The standard InChI is InChI=1S/C12H18N4OS/c1-4-15(5-2)12(18)14-13-10(3)11-8-6-7-9-16(11)17/h6-9,17H,4-5H2,1-3H3/b11-10-,14-13?. The van der Waals surface area contributed by atoms with Crippen molar-refractivity contribution in [3.63, 3.8) is 0 Å². The molecule has 0 aliphatic carbocycles. The normalized spacial score (nSPS) is 17.4. The van der Waals surface area contributed by atoms with Crippen LogP contribution < -0.4 is 0 Å². The Kier molecular flexibility index (Phi) is 5.67. The van der Waals surface area contributed by atoms with Gasteiger partial charge >= 0.3 is 0 Å². The number of nitrogens with zero attached hydrogens (tertiary/aromatic N) is 4. The fourth-order valence-corrected chi connectivity index (χ4v) is 1.75. The Hall–Kier alpha value is -1.53. The molecule has 0 radical (unpaired) electrons. The maximum Gasteiger partial charge on any atom is 0.216 e. The Balaban J connectivity index is 2.78. The van der Waals surface area contributed by atoms with E-state index in [1.165, 1.54) is 6.20 Å². The number of thiocarbonyl (C=S) groups is 1. The summed E-state index contributed by atoms with van der Waals surface area (Å²) in [6.07, 6.45) is 6.85. The smallest absolute Gasteiger partial charge is 0.216 e. The highest BCUT2D eigenvalue weighted by atomic mass is 32.1. The molecule has 0 saturated heterocycles. The first-order valence-corrected chi connectivity index (χ1v) is 6.25. The summed E-state index contributed by atoms with van der Waals surface area (Å²) in [5, 5.41) is 19.1. The molecular formula is C12H18N4OS. The third-order valence-corrected chi connectivity index (χ3v) is 2.87. The molecule has 0 aromatic heterocycles. The van der Waals surface area contributed by atoms with Crippen molar-refractivity contribution in [2.24, 2.45) is 10.2 Å². The Morgan fingerprint density at radius 1 is 1.33 bits per heavy atom. The van der Waals surface area contributed by atoms with E-state index in [4.69, 9.17) is 12.2 Å². The number of hydrogen-bond donors (Lipinski definition) is 1. The van der Waals surface area contributed by atoms with Crippen molar-refractivity contribution in [1.29, 1.82) is 0 Å². The molecule has 1 rings (SSSR count). The molecule has 18 heavy (non-hydrogen) atoms. The van der Waals surface area contributed by atoms with Crippen LogP contribution in [0.3, 0.4) is 0 Å². The second kappa shape index (κ2) is 7.03. The predicted octanol–water partition coefficient (Wildman–Crippen LogP) is 3.07. The average molecular weight is 266 g/mol. The molecular weight excluding hydrogens is 248 g/mol. The Bertz CT molecular complexity index is 422. The maximum absolute atomic E-state index is 9.60. The van der Waals surface area contributed by atoms with Gasteiger partial charge < -0.3 is 4.90 Å². The molecule has 0 amide bonds. The van der Waals surface area contributed by atoms with Crippen molar-refractivity contribution in [3.05, 3.63) is 35.8 Å².